The highest BCUT2D eigenvalue weighted by Gasteiger charge is 2.19. The van der Waals surface area contributed by atoms with E-state index in [1.807, 2.05) is 0 Å². The van der Waals surface area contributed by atoms with Crippen LogP contribution in [0.5, 0.6) is 0 Å². The van der Waals surface area contributed by atoms with Gasteiger partial charge in [-0.25, -0.2) is 9.18 Å². The fourth-order valence-electron chi connectivity index (χ4n) is 1.62. The molecule has 0 spiro atoms. The Morgan fingerprint density at radius 1 is 1.50 bits per heavy atom. The van der Waals surface area contributed by atoms with Crippen LogP contribution in [0.4, 0.5) is 9.18 Å². The van der Waals surface area contributed by atoms with Crippen molar-refractivity contribution >= 4 is 22.0 Å². The molecule has 0 bridgehead atoms. The summed E-state index contributed by atoms with van der Waals surface area (Å²) in [5.41, 5.74) is 5.97. The monoisotopic (exact) mass is 346 g/mol. The molecule has 0 radical (unpaired) electrons. The maximum atomic E-state index is 13.0. The number of hydrogen-bond acceptors (Lipinski definition) is 3. The van der Waals surface area contributed by atoms with Gasteiger partial charge >= 0.3 is 6.09 Å². The van der Waals surface area contributed by atoms with Crippen LogP contribution in [0.3, 0.4) is 0 Å². The number of halogens is 2. The summed E-state index contributed by atoms with van der Waals surface area (Å²) in [4.78, 5) is 11.7. The second kappa shape index (κ2) is 7.04. The average molecular weight is 347 g/mol. The Labute approximate surface area is 127 Å². The van der Waals surface area contributed by atoms with Crippen molar-refractivity contribution in [2.24, 2.45) is 5.73 Å². The molecule has 0 saturated carbocycles. The first-order valence-corrected chi connectivity index (χ1v) is 7.14. The van der Waals surface area contributed by atoms with E-state index < -0.39 is 11.7 Å². The largest absolute Gasteiger partial charge is 0.444 e. The van der Waals surface area contributed by atoms with Gasteiger partial charge in [0.15, 0.2) is 0 Å². The average Bonchev–Trinajstić information content (AvgIpc) is 2.29. The first-order valence-electron chi connectivity index (χ1n) is 6.35. The Balaban J connectivity index is 2.65. The summed E-state index contributed by atoms with van der Waals surface area (Å²) in [6, 6.07) is 4.16. The molecule has 6 heteroatoms. The first kappa shape index (κ1) is 16.9. The number of hydrogen-bond donors (Lipinski definition) is 2. The first-order chi connectivity index (χ1) is 9.21. The highest BCUT2D eigenvalue weighted by Crippen LogP contribution is 2.19. The Hall–Kier alpha value is -1.14. The molecule has 0 aliphatic carbocycles. The van der Waals surface area contributed by atoms with Gasteiger partial charge in [-0.05, 0) is 44.9 Å². The van der Waals surface area contributed by atoms with Gasteiger partial charge in [-0.2, -0.15) is 0 Å². The second-order valence-corrected chi connectivity index (χ2v) is 6.37. The quantitative estimate of drug-likeness (QED) is 0.880. The van der Waals surface area contributed by atoms with Crippen LogP contribution in [0, 0.1) is 5.82 Å². The van der Waals surface area contributed by atoms with E-state index in [-0.39, 0.29) is 18.4 Å². The molecule has 0 saturated heterocycles. The van der Waals surface area contributed by atoms with E-state index in [2.05, 4.69) is 21.2 Å². The summed E-state index contributed by atoms with van der Waals surface area (Å²) < 4.78 is 18.9. The van der Waals surface area contributed by atoms with Crippen molar-refractivity contribution in [3.8, 4) is 0 Å². The molecule has 0 aliphatic heterocycles. The van der Waals surface area contributed by atoms with Gasteiger partial charge in [-0.1, -0.05) is 22.0 Å². The minimum atomic E-state index is -0.556. The fraction of sp³-hybridized carbons (Fsp3) is 0.500. The zero-order chi connectivity index (χ0) is 15.3. The third-order valence-electron chi connectivity index (χ3n) is 2.49. The molecule has 1 rings (SSSR count). The van der Waals surface area contributed by atoms with Crippen molar-refractivity contribution in [2.45, 2.75) is 38.8 Å². The van der Waals surface area contributed by atoms with E-state index >= 15 is 0 Å². The molecule has 1 aromatic rings. The topological polar surface area (TPSA) is 64.3 Å². The molecule has 1 amide bonds. The van der Waals surface area contributed by atoms with Gasteiger partial charge in [0, 0.05) is 17.1 Å². The molecule has 0 fully saturated rings. The summed E-state index contributed by atoms with van der Waals surface area (Å²) in [5.74, 6) is -0.315. The summed E-state index contributed by atoms with van der Waals surface area (Å²) in [6.45, 7) is 5.64. The summed E-state index contributed by atoms with van der Waals surface area (Å²) in [6.07, 6.45) is -0.0115. The van der Waals surface area contributed by atoms with Crippen molar-refractivity contribution in [3.63, 3.8) is 0 Å². The lowest BCUT2D eigenvalue weighted by atomic mass is 10.1. The third-order valence-corrected chi connectivity index (χ3v) is 3.23. The van der Waals surface area contributed by atoms with Crippen LogP contribution in [-0.4, -0.2) is 24.3 Å². The van der Waals surface area contributed by atoms with E-state index in [0.717, 1.165) is 5.56 Å². The molecule has 112 valence electrons. The van der Waals surface area contributed by atoms with Crippen LogP contribution in [0.25, 0.3) is 0 Å². The van der Waals surface area contributed by atoms with Gasteiger partial charge in [0.1, 0.15) is 11.4 Å². The van der Waals surface area contributed by atoms with Crippen LogP contribution in [0.1, 0.15) is 26.3 Å². The standard InChI is InChI=1S/C14H20BrFN2O2/c1-14(2,3)20-13(19)18-11(8-17)6-9-4-5-10(16)7-12(9)15/h4-5,7,11H,6,8,17H2,1-3H3,(H,18,19). The molecular weight excluding hydrogens is 327 g/mol. The van der Waals surface area contributed by atoms with Gasteiger partial charge in [0.25, 0.3) is 0 Å². The van der Waals surface area contributed by atoms with Gasteiger partial charge in [0.05, 0.1) is 0 Å². The molecule has 20 heavy (non-hydrogen) atoms. The van der Waals surface area contributed by atoms with Crippen molar-refractivity contribution in [1.29, 1.82) is 0 Å². The van der Waals surface area contributed by atoms with Gasteiger partial charge in [-0.3, -0.25) is 0 Å². The lowest BCUT2D eigenvalue weighted by Gasteiger charge is -2.23. The number of alkyl carbamates (subject to hydrolysis) is 1. The Morgan fingerprint density at radius 2 is 2.15 bits per heavy atom. The van der Waals surface area contributed by atoms with Gasteiger partial charge < -0.3 is 15.8 Å². The minimum Gasteiger partial charge on any atom is -0.444 e. The fourth-order valence-corrected chi connectivity index (χ4v) is 2.13. The van der Waals surface area contributed by atoms with Crippen molar-refractivity contribution in [3.05, 3.63) is 34.1 Å². The van der Waals surface area contributed by atoms with Crippen LogP contribution in [-0.2, 0) is 11.2 Å². The lowest BCUT2D eigenvalue weighted by molar-refractivity contribution is 0.0506. The molecule has 0 aliphatic rings. The van der Waals surface area contributed by atoms with E-state index in [0.29, 0.717) is 10.9 Å². The maximum absolute atomic E-state index is 13.0. The normalized spacial score (nSPS) is 12.9. The van der Waals surface area contributed by atoms with Crippen LogP contribution in [0.15, 0.2) is 22.7 Å². The number of benzene rings is 1. The van der Waals surface area contributed by atoms with E-state index in [4.69, 9.17) is 10.5 Å². The van der Waals surface area contributed by atoms with E-state index in [9.17, 15) is 9.18 Å². The summed E-state index contributed by atoms with van der Waals surface area (Å²) in [7, 11) is 0. The highest BCUT2D eigenvalue weighted by atomic mass is 79.9. The number of rotatable bonds is 4. The van der Waals surface area contributed by atoms with Crippen molar-refractivity contribution in [2.75, 3.05) is 6.54 Å². The predicted molar refractivity (Wildman–Crippen MR) is 80.0 cm³/mol. The Bertz CT molecular complexity index is 475. The number of amides is 1. The molecular formula is C14H20BrFN2O2. The van der Waals surface area contributed by atoms with Crippen LogP contribution >= 0.6 is 15.9 Å². The number of nitrogens with two attached hydrogens (primary N) is 1. The Morgan fingerprint density at radius 3 is 2.65 bits per heavy atom. The molecule has 1 unspecified atom stereocenters. The zero-order valence-electron chi connectivity index (χ0n) is 11.9. The second-order valence-electron chi connectivity index (χ2n) is 5.52. The smallest absolute Gasteiger partial charge is 0.407 e. The Kier molecular flexibility index (Phi) is 5.95. The molecule has 3 N–H and O–H groups in total. The number of nitrogens with one attached hydrogen (secondary N) is 1. The number of carbonyl (C=O) groups is 1. The van der Waals surface area contributed by atoms with E-state index in [1.54, 1.807) is 26.8 Å². The third kappa shape index (κ3) is 5.88. The minimum absolute atomic E-state index is 0.267. The molecule has 1 aromatic carbocycles. The lowest BCUT2D eigenvalue weighted by Crippen LogP contribution is -2.44. The molecule has 4 nitrogen and oxygen atoms in total. The van der Waals surface area contributed by atoms with E-state index in [1.165, 1.54) is 12.1 Å². The van der Waals surface area contributed by atoms with Gasteiger partial charge in [-0.15, -0.1) is 0 Å². The number of ether oxygens (including phenoxy) is 1. The SMILES string of the molecule is CC(C)(C)OC(=O)NC(CN)Cc1ccc(F)cc1Br. The number of carbonyl (C=O) groups excluding carboxylic acids is 1. The van der Waals surface area contributed by atoms with Crippen molar-refractivity contribution in [1.82, 2.24) is 5.32 Å². The van der Waals surface area contributed by atoms with Crippen LogP contribution < -0.4 is 11.1 Å². The van der Waals surface area contributed by atoms with Crippen LogP contribution in [0.2, 0.25) is 0 Å². The molecule has 0 aromatic heterocycles. The highest BCUT2D eigenvalue weighted by molar-refractivity contribution is 9.10. The summed E-state index contributed by atoms with van der Waals surface area (Å²) in [5, 5.41) is 2.71. The predicted octanol–water partition coefficient (Wildman–Crippen LogP) is 2.98. The summed E-state index contributed by atoms with van der Waals surface area (Å²) >= 11 is 3.30. The molecule has 0 heterocycles. The van der Waals surface area contributed by atoms with Gasteiger partial charge in [0.2, 0.25) is 0 Å². The van der Waals surface area contributed by atoms with Crippen molar-refractivity contribution < 1.29 is 13.9 Å². The maximum Gasteiger partial charge on any atom is 0.407 e. The zero-order valence-corrected chi connectivity index (χ0v) is 13.5. The molecule has 1 atom stereocenters.